The third kappa shape index (κ3) is 3.04. The molecule has 0 saturated carbocycles. The van der Waals surface area contributed by atoms with Gasteiger partial charge in [-0.1, -0.05) is 13.0 Å². The zero-order chi connectivity index (χ0) is 14.7. The van der Waals surface area contributed by atoms with Gasteiger partial charge in [0.1, 0.15) is 23.3 Å². The van der Waals surface area contributed by atoms with Gasteiger partial charge in [-0.05, 0) is 12.1 Å². The van der Waals surface area contributed by atoms with Gasteiger partial charge in [-0.3, -0.25) is 0 Å². The normalized spacial score (nSPS) is 15.3. The Morgan fingerprint density at radius 2 is 1.76 bits per heavy atom. The maximum absolute atomic E-state index is 5.86. The first-order valence-corrected chi connectivity index (χ1v) is 7.30. The van der Waals surface area contributed by atoms with Crippen molar-refractivity contribution in [2.45, 2.75) is 13.3 Å². The zero-order valence-corrected chi connectivity index (χ0v) is 12.2. The lowest BCUT2D eigenvalue weighted by Crippen LogP contribution is -2.47. The minimum Gasteiger partial charge on any atom is -0.384 e. The Balaban J connectivity index is 1.70. The third-order valence-corrected chi connectivity index (χ3v) is 3.67. The second-order valence-electron chi connectivity index (χ2n) is 5.08. The van der Waals surface area contributed by atoms with E-state index in [1.54, 1.807) is 0 Å². The Morgan fingerprint density at radius 1 is 1.05 bits per heavy atom. The average Bonchev–Trinajstić information content (AvgIpc) is 2.55. The summed E-state index contributed by atoms with van der Waals surface area (Å²) in [6.45, 7) is 5.73. The molecule has 1 fully saturated rings. The summed E-state index contributed by atoms with van der Waals surface area (Å²) in [6, 6.07) is 7.87. The zero-order valence-electron chi connectivity index (χ0n) is 12.2. The highest BCUT2D eigenvalue weighted by atomic mass is 15.3. The van der Waals surface area contributed by atoms with Gasteiger partial charge < -0.3 is 15.5 Å². The van der Waals surface area contributed by atoms with Gasteiger partial charge in [-0.15, -0.1) is 0 Å². The molecule has 0 bridgehead atoms. The molecule has 2 aromatic heterocycles. The number of hydrogen-bond donors (Lipinski definition) is 1. The van der Waals surface area contributed by atoms with Crippen molar-refractivity contribution in [2.24, 2.45) is 0 Å². The Bertz CT molecular complexity index is 592. The number of pyridine rings is 1. The van der Waals surface area contributed by atoms with Crippen LogP contribution in [0.5, 0.6) is 0 Å². The average molecular weight is 284 g/mol. The van der Waals surface area contributed by atoms with Crippen LogP contribution in [0, 0.1) is 0 Å². The molecule has 0 radical (unpaired) electrons. The largest absolute Gasteiger partial charge is 0.384 e. The van der Waals surface area contributed by atoms with Gasteiger partial charge in [0.15, 0.2) is 0 Å². The fraction of sp³-hybridized carbons (Fsp3) is 0.400. The van der Waals surface area contributed by atoms with E-state index in [-0.39, 0.29) is 0 Å². The highest BCUT2D eigenvalue weighted by molar-refractivity contribution is 5.49. The minimum absolute atomic E-state index is 0.545. The number of hydrogen-bond acceptors (Lipinski definition) is 6. The third-order valence-electron chi connectivity index (χ3n) is 3.67. The Morgan fingerprint density at radius 3 is 2.38 bits per heavy atom. The Labute approximate surface area is 124 Å². The van der Waals surface area contributed by atoms with E-state index in [1.807, 2.05) is 37.4 Å². The summed E-state index contributed by atoms with van der Waals surface area (Å²) in [5, 5.41) is 0. The van der Waals surface area contributed by atoms with E-state index in [9.17, 15) is 0 Å². The SMILES string of the molecule is CCc1nc(N)cc(N2CCN(c3ccccn3)CC2)n1. The molecule has 1 aliphatic heterocycles. The van der Waals surface area contributed by atoms with Gasteiger partial charge in [0.2, 0.25) is 0 Å². The maximum atomic E-state index is 5.86. The van der Waals surface area contributed by atoms with Crippen LogP contribution in [0.3, 0.4) is 0 Å². The summed E-state index contributed by atoms with van der Waals surface area (Å²) in [4.78, 5) is 17.8. The lowest BCUT2D eigenvalue weighted by Gasteiger charge is -2.36. The Hall–Kier alpha value is -2.37. The summed E-state index contributed by atoms with van der Waals surface area (Å²) in [6.07, 6.45) is 2.63. The second-order valence-corrected chi connectivity index (χ2v) is 5.08. The first-order chi connectivity index (χ1) is 10.3. The lowest BCUT2D eigenvalue weighted by atomic mass is 10.3. The highest BCUT2D eigenvalue weighted by Crippen LogP contribution is 2.19. The molecule has 1 aliphatic rings. The van der Waals surface area contributed by atoms with E-state index in [2.05, 4.69) is 24.8 Å². The van der Waals surface area contributed by atoms with Gasteiger partial charge in [0, 0.05) is 44.9 Å². The van der Waals surface area contributed by atoms with Crippen molar-refractivity contribution in [2.75, 3.05) is 41.7 Å². The molecule has 2 aromatic rings. The quantitative estimate of drug-likeness (QED) is 0.917. The molecule has 6 heteroatoms. The topological polar surface area (TPSA) is 71.2 Å². The first kappa shape index (κ1) is 13.6. The molecule has 3 rings (SSSR count). The molecule has 110 valence electrons. The molecular weight excluding hydrogens is 264 g/mol. The summed E-state index contributed by atoms with van der Waals surface area (Å²) >= 11 is 0. The molecule has 0 spiro atoms. The molecule has 21 heavy (non-hydrogen) atoms. The second kappa shape index (κ2) is 5.95. The van der Waals surface area contributed by atoms with Crippen molar-refractivity contribution in [3.63, 3.8) is 0 Å². The molecule has 0 aromatic carbocycles. The van der Waals surface area contributed by atoms with Gasteiger partial charge in [0.05, 0.1) is 0 Å². The maximum Gasteiger partial charge on any atom is 0.134 e. The monoisotopic (exact) mass is 284 g/mol. The molecule has 3 heterocycles. The number of aryl methyl sites for hydroxylation is 1. The van der Waals surface area contributed by atoms with Crippen LogP contribution in [0.2, 0.25) is 0 Å². The van der Waals surface area contributed by atoms with E-state index in [0.717, 1.165) is 50.1 Å². The van der Waals surface area contributed by atoms with Crippen LogP contribution in [0.1, 0.15) is 12.7 Å². The molecular formula is C15H20N6. The predicted molar refractivity (Wildman–Crippen MR) is 84.5 cm³/mol. The van der Waals surface area contributed by atoms with Crippen LogP contribution >= 0.6 is 0 Å². The van der Waals surface area contributed by atoms with E-state index in [4.69, 9.17) is 5.73 Å². The number of anilines is 3. The molecule has 2 N–H and O–H groups in total. The Kier molecular flexibility index (Phi) is 3.85. The molecule has 6 nitrogen and oxygen atoms in total. The number of rotatable bonds is 3. The summed E-state index contributed by atoms with van der Waals surface area (Å²) in [5.74, 6) is 3.31. The van der Waals surface area contributed by atoms with Crippen molar-refractivity contribution in [1.82, 2.24) is 15.0 Å². The summed E-state index contributed by atoms with van der Waals surface area (Å²) in [7, 11) is 0. The summed E-state index contributed by atoms with van der Waals surface area (Å²) in [5.41, 5.74) is 5.86. The van der Waals surface area contributed by atoms with Gasteiger partial charge in [-0.2, -0.15) is 0 Å². The van der Waals surface area contributed by atoms with Crippen molar-refractivity contribution < 1.29 is 0 Å². The van der Waals surface area contributed by atoms with Crippen molar-refractivity contribution in [1.29, 1.82) is 0 Å². The van der Waals surface area contributed by atoms with E-state index >= 15 is 0 Å². The first-order valence-electron chi connectivity index (χ1n) is 7.30. The van der Waals surface area contributed by atoms with Crippen molar-refractivity contribution in [3.8, 4) is 0 Å². The van der Waals surface area contributed by atoms with Crippen molar-refractivity contribution in [3.05, 3.63) is 36.3 Å². The molecule has 0 unspecified atom stereocenters. The smallest absolute Gasteiger partial charge is 0.134 e. The fourth-order valence-electron chi connectivity index (χ4n) is 2.53. The predicted octanol–water partition coefficient (Wildman–Crippen LogP) is 1.34. The molecule has 1 saturated heterocycles. The van der Waals surface area contributed by atoms with Crippen LogP contribution in [-0.2, 0) is 6.42 Å². The van der Waals surface area contributed by atoms with Crippen LogP contribution in [-0.4, -0.2) is 41.1 Å². The summed E-state index contributed by atoms with van der Waals surface area (Å²) < 4.78 is 0. The van der Waals surface area contributed by atoms with Crippen LogP contribution in [0.25, 0.3) is 0 Å². The number of nitrogen functional groups attached to an aromatic ring is 1. The number of piperazine rings is 1. The van der Waals surface area contributed by atoms with E-state index in [1.165, 1.54) is 0 Å². The minimum atomic E-state index is 0.545. The number of nitrogens with two attached hydrogens (primary N) is 1. The van der Waals surface area contributed by atoms with E-state index < -0.39 is 0 Å². The van der Waals surface area contributed by atoms with Gasteiger partial charge in [-0.25, -0.2) is 15.0 Å². The number of aromatic nitrogens is 3. The number of nitrogens with zero attached hydrogens (tertiary/aromatic N) is 5. The van der Waals surface area contributed by atoms with Crippen LogP contribution in [0.15, 0.2) is 30.5 Å². The van der Waals surface area contributed by atoms with Crippen LogP contribution in [0.4, 0.5) is 17.5 Å². The standard InChI is InChI=1S/C15H20N6/c1-2-13-18-12(16)11-15(19-13)21-9-7-20(8-10-21)14-5-3-4-6-17-14/h3-6,11H,2,7-10H2,1H3,(H2,16,18,19). The van der Waals surface area contributed by atoms with Crippen LogP contribution < -0.4 is 15.5 Å². The molecule has 0 atom stereocenters. The lowest BCUT2D eigenvalue weighted by molar-refractivity contribution is 0.639. The fourth-order valence-corrected chi connectivity index (χ4v) is 2.53. The van der Waals surface area contributed by atoms with E-state index in [0.29, 0.717) is 5.82 Å². The molecule has 0 aliphatic carbocycles. The van der Waals surface area contributed by atoms with Crippen molar-refractivity contribution >= 4 is 17.5 Å². The highest BCUT2D eigenvalue weighted by Gasteiger charge is 2.19. The van der Waals surface area contributed by atoms with Gasteiger partial charge >= 0.3 is 0 Å². The molecule has 0 amide bonds. The van der Waals surface area contributed by atoms with Gasteiger partial charge in [0.25, 0.3) is 0 Å².